The molecule has 0 fully saturated rings. The van der Waals surface area contributed by atoms with Crippen LogP contribution in [0.1, 0.15) is 16.1 Å². The van der Waals surface area contributed by atoms with Crippen LogP contribution in [-0.2, 0) is 15.6 Å². The average molecular weight is 443 g/mol. The van der Waals surface area contributed by atoms with Gasteiger partial charge in [0.05, 0.1) is 35.0 Å². The van der Waals surface area contributed by atoms with Crippen molar-refractivity contribution < 1.29 is 13.2 Å². The van der Waals surface area contributed by atoms with Crippen molar-refractivity contribution in [3.8, 4) is 0 Å². The van der Waals surface area contributed by atoms with Gasteiger partial charge in [0.2, 0.25) is 0 Å². The number of rotatable bonds is 8. The van der Waals surface area contributed by atoms with Gasteiger partial charge in [-0.05, 0) is 18.2 Å². The van der Waals surface area contributed by atoms with Crippen molar-refractivity contribution in [3.05, 3.63) is 60.0 Å². The molecule has 0 aliphatic rings. The molecule has 0 aliphatic heterocycles. The number of pyridine rings is 2. The zero-order valence-corrected chi connectivity index (χ0v) is 17.8. The first kappa shape index (κ1) is 23.3. The van der Waals surface area contributed by atoms with Crippen LogP contribution in [0.2, 0.25) is 0 Å². The number of amides is 1. The summed E-state index contributed by atoms with van der Waals surface area (Å²) in [6, 6.07) is 9.91. The molecule has 14 heteroatoms. The molecule has 0 saturated carbocycles. The highest BCUT2D eigenvalue weighted by Gasteiger charge is 2.21. The number of sulfone groups is 1. The fourth-order valence-electron chi connectivity index (χ4n) is 2.62. The smallest absolute Gasteiger partial charge is 0.272 e. The molecule has 3 aromatic heterocycles. The van der Waals surface area contributed by atoms with Crippen LogP contribution in [0.5, 0.6) is 0 Å². The van der Waals surface area contributed by atoms with Crippen molar-refractivity contribution >= 4 is 62.4 Å². The number of nitrogens with one attached hydrogen (secondary N) is 3. The topological polar surface area (TPSA) is 139 Å². The number of carbonyl (C=O) groups excluding carboxylic acids is 1. The Hall–Kier alpha value is -3.41. The third-order valence-electron chi connectivity index (χ3n) is 3.82. The minimum absolute atomic E-state index is 0.147. The molecule has 3 rings (SSSR count). The molecule has 0 saturated heterocycles. The van der Waals surface area contributed by atoms with Crippen LogP contribution >= 0.6 is 0 Å². The van der Waals surface area contributed by atoms with Gasteiger partial charge in [0.25, 0.3) is 5.91 Å². The van der Waals surface area contributed by atoms with Crippen molar-refractivity contribution in [3.63, 3.8) is 0 Å². The lowest BCUT2D eigenvalue weighted by Crippen LogP contribution is -2.50. The van der Waals surface area contributed by atoms with Crippen molar-refractivity contribution in [2.75, 3.05) is 16.9 Å². The van der Waals surface area contributed by atoms with E-state index < -0.39 is 21.0 Å². The molecular weight excluding hydrogens is 427 g/mol. The van der Waals surface area contributed by atoms with Gasteiger partial charge in [-0.1, -0.05) is 17.4 Å². The number of hydrogen-bond donors (Lipinski definition) is 3. The molecule has 0 unspecified atom stereocenters. The van der Waals surface area contributed by atoms with Crippen LogP contribution in [0.3, 0.4) is 0 Å². The van der Waals surface area contributed by atoms with E-state index in [1.165, 1.54) is 12.3 Å². The zero-order chi connectivity index (χ0) is 23.4. The molecule has 10 nitrogen and oxygen atoms in total. The predicted molar refractivity (Wildman–Crippen MR) is 123 cm³/mol. The highest BCUT2D eigenvalue weighted by atomic mass is 32.2. The Morgan fingerprint density at radius 3 is 2.41 bits per heavy atom. The number of nitrogens with zero attached hydrogens (tertiary/aromatic N) is 4. The van der Waals surface area contributed by atoms with Gasteiger partial charge in [-0.25, -0.2) is 18.4 Å². The SMILES string of the molecule is [B]C([B])([B])NC(=O)c1nnc(Nc2ccccn2)cc1Nc1ncccc1CS(C)(=O)=O. The first-order valence-corrected chi connectivity index (χ1v) is 11.2. The molecule has 0 atom stereocenters. The Labute approximate surface area is 189 Å². The summed E-state index contributed by atoms with van der Waals surface area (Å²) in [7, 11) is 13.0. The maximum atomic E-state index is 12.6. The van der Waals surface area contributed by atoms with Crippen LogP contribution in [-0.4, -0.2) is 69.5 Å². The number of aromatic nitrogens is 4. The largest absolute Gasteiger partial charge is 0.370 e. The van der Waals surface area contributed by atoms with E-state index in [0.717, 1.165) is 6.26 Å². The summed E-state index contributed by atoms with van der Waals surface area (Å²) in [6.45, 7) is 0. The normalized spacial score (nSPS) is 11.5. The van der Waals surface area contributed by atoms with Gasteiger partial charge in [0.15, 0.2) is 21.3 Å². The number of hydrogen-bond acceptors (Lipinski definition) is 9. The minimum atomic E-state index is -3.35. The van der Waals surface area contributed by atoms with E-state index in [2.05, 4.69) is 36.1 Å². The first-order chi connectivity index (χ1) is 15.0. The van der Waals surface area contributed by atoms with Crippen molar-refractivity contribution in [2.24, 2.45) is 0 Å². The van der Waals surface area contributed by atoms with Crippen molar-refractivity contribution in [1.29, 1.82) is 0 Å². The summed E-state index contributed by atoms with van der Waals surface area (Å²) >= 11 is 0. The molecule has 6 radical (unpaired) electrons. The van der Waals surface area contributed by atoms with E-state index in [-0.39, 0.29) is 28.8 Å². The Kier molecular flexibility index (Phi) is 6.82. The number of anilines is 4. The molecule has 156 valence electrons. The quantitative estimate of drug-likeness (QED) is 0.416. The van der Waals surface area contributed by atoms with E-state index in [1.54, 1.807) is 36.5 Å². The Balaban J connectivity index is 2.01. The Morgan fingerprint density at radius 2 is 1.75 bits per heavy atom. The second-order valence-electron chi connectivity index (χ2n) is 6.93. The van der Waals surface area contributed by atoms with Crippen LogP contribution in [0.15, 0.2) is 48.8 Å². The maximum absolute atomic E-state index is 12.6. The van der Waals surface area contributed by atoms with Gasteiger partial charge in [0, 0.05) is 30.3 Å². The molecular formula is C18H16B3N7O3S. The third-order valence-corrected chi connectivity index (χ3v) is 4.66. The molecule has 3 heterocycles. The van der Waals surface area contributed by atoms with Gasteiger partial charge in [-0.15, -0.1) is 10.2 Å². The lowest BCUT2D eigenvalue weighted by molar-refractivity contribution is 0.0947. The zero-order valence-electron chi connectivity index (χ0n) is 17.0. The lowest BCUT2D eigenvalue weighted by Gasteiger charge is -2.22. The monoisotopic (exact) mass is 443 g/mol. The third kappa shape index (κ3) is 6.81. The van der Waals surface area contributed by atoms with Gasteiger partial charge < -0.3 is 16.0 Å². The van der Waals surface area contributed by atoms with Crippen molar-refractivity contribution in [1.82, 2.24) is 25.5 Å². The summed E-state index contributed by atoms with van der Waals surface area (Å²) in [4.78, 5) is 20.9. The van der Waals surface area contributed by atoms with E-state index in [0.29, 0.717) is 11.4 Å². The molecule has 0 aliphatic carbocycles. The first-order valence-electron chi connectivity index (χ1n) is 9.14. The molecule has 32 heavy (non-hydrogen) atoms. The van der Waals surface area contributed by atoms with Crippen LogP contribution in [0.25, 0.3) is 0 Å². The summed E-state index contributed by atoms with van der Waals surface area (Å²) in [5.41, 5.74) is 0.343. The molecule has 0 aromatic carbocycles. The summed E-state index contributed by atoms with van der Waals surface area (Å²) < 4.78 is 23.6. The molecule has 3 aromatic rings. The lowest BCUT2D eigenvalue weighted by atomic mass is 9.49. The van der Waals surface area contributed by atoms with E-state index in [4.69, 9.17) is 23.5 Å². The van der Waals surface area contributed by atoms with Crippen LogP contribution < -0.4 is 16.0 Å². The fourth-order valence-corrected chi connectivity index (χ4v) is 3.42. The molecule has 3 N–H and O–H groups in total. The van der Waals surface area contributed by atoms with E-state index in [1.807, 2.05) is 0 Å². The highest BCUT2D eigenvalue weighted by Crippen LogP contribution is 2.25. The Morgan fingerprint density at radius 1 is 1.00 bits per heavy atom. The van der Waals surface area contributed by atoms with E-state index >= 15 is 0 Å². The molecule has 0 bridgehead atoms. The van der Waals surface area contributed by atoms with E-state index in [9.17, 15) is 13.2 Å². The summed E-state index contributed by atoms with van der Waals surface area (Å²) in [6.07, 6.45) is 4.17. The average Bonchev–Trinajstić information content (AvgIpc) is 2.68. The second-order valence-corrected chi connectivity index (χ2v) is 9.07. The summed E-state index contributed by atoms with van der Waals surface area (Å²) in [5.74, 6) is -0.117. The minimum Gasteiger partial charge on any atom is -0.370 e. The van der Waals surface area contributed by atoms with Crippen LogP contribution in [0.4, 0.5) is 23.1 Å². The molecule has 1 amide bonds. The maximum Gasteiger partial charge on any atom is 0.272 e. The van der Waals surface area contributed by atoms with Gasteiger partial charge in [0.1, 0.15) is 11.6 Å². The molecule has 0 spiro atoms. The fraction of sp³-hybridized carbons (Fsp3) is 0.167. The van der Waals surface area contributed by atoms with Gasteiger partial charge in [-0.3, -0.25) is 4.79 Å². The second kappa shape index (κ2) is 9.39. The highest BCUT2D eigenvalue weighted by molar-refractivity contribution is 7.89. The Bertz CT molecular complexity index is 1220. The van der Waals surface area contributed by atoms with Gasteiger partial charge in [-0.2, -0.15) is 0 Å². The predicted octanol–water partition coefficient (Wildman–Crippen LogP) is 0.145. The summed E-state index contributed by atoms with van der Waals surface area (Å²) in [5, 5.41) is 14.0. The van der Waals surface area contributed by atoms with Crippen LogP contribution in [0, 0.1) is 0 Å². The van der Waals surface area contributed by atoms with Gasteiger partial charge >= 0.3 is 0 Å². The van der Waals surface area contributed by atoms with Crippen molar-refractivity contribution in [2.45, 2.75) is 11.0 Å². The number of carbonyl (C=O) groups is 1. The standard InChI is InChI=1S/C18H16B3N7O3S/c1-32(30,31)10-11-5-4-8-23-16(11)24-12-9-14(25-13-6-2-3-7-22-13)27-28-15(12)17(29)26-18(19,20)21/h2-9H,10H2,1H3,(H,26,29)(H2,22,23,24,25,27).